The van der Waals surface area contributed by atoms with Crippen LogP contribution in [0.2, 0.25) is 0 Å². The van der Waals surface area contributed by atoms with Crippen molar-refractivity contribution < 1.29 is 0 Å². The van der Waals surface area contributed by atoms with Gasteiger partial charge in [-0.2, -0.15) is 0 Å². The van der Waals surface area contributed by atoms with Crippen molar-refractivity contribution in [1.29, 1.82) is 0 Å². The van der Waals surface area contributed by atoms with E-state index in [1.54, 1.807) is 0 Å². The zero-order valence-electron chi connectivity index (χ0n) is 22.7. The number of hydrogen-bond donors (Lipinski definition) is 2. The Morgan fingerprint density at radius 2 is 0.971 bits per heavy atom. The van der Waals surface area contributed by atoms with Gasteiger partial charge in [-0.25, -0.2) is 0 Å². The maximum atomic E-state index is 4.65. The first-order chi connectivity index (χ1) is 16.8. The number of hydrogen-bond acceptors (Lipinski definition) is 2. The van der Waals surface area contributed by atoms with Gasteiger partial charge in [-0.3, -0.25) is 9.98 Å². The van der Waals surface area contributed by atoms with E-state index in [4.69, 9.17) is 0 Å². The third-order valence-electron chi connectivity index (χ3n) is 7.75. The maximum absolute atomic E-state index is 4.65. The molecule has 2 aliphatic rings. The third-order valence-corrected chi connectivity index (χ3v) is 7.75. The van der Waals surface area contributed by atoms with Crippen molar-refractivity contribution in [3.05, 3.63) is 78.7 Å². The van der Waals surface area contributed by atoms with Crippen LogP contribution in [0.1, 0.15) is 100 Å². The average Bonchev–Trinajstić information content (AvgIpc) is 3.56. The number of aromatic amines is 2. The molecule has 35 heavy (non-hydrogen) atoms. The monoisotopic (exact) mass is 468 g/mol. The standard InChI is InChI=1S/C31H40N4/c1-9-22-24(11-3)30(34-28(22)13-26-20(7)18(5)16-32-26)15-31-25(12-4)23(10-2)29(35-31)14-27-21(8)19(6)17-33-27/h13-14,16-17,34-35H,9-12,15H2,1-8H3/b26-13-,27-14+. The Morgan fingerprint density at radius 3 is 1.26 bits per heavy atom. The summed E-state index contributed by atoms with van der Waals surface area (Å²) < 4.78 is 0. The van der Waals surface area contributed by atoms with Gasteiger partial charge in [-0.1, -0.05) is 27.7 Å². The van der Waals surface area contributed by atoms with Crippen molar-refractivity contribution in [3.63, 3.8) is 0 Å². The molecule has 0 aromatic carbocycles. The van der Waals surface area contributed by atoms with Crippen LogP contribution in [0.5, 0.6) is 0 Å². The Kier molecular flexibility index (Phi) is 7.30. The zero-order chi connectivity index (χ0) is 25.3. The van der Waals surface area contributed by atoms with Crippen molar-refractivity contribution in [3.8, 4) is 0 Å². The molecule has 2 aromatic rings. The van der Waals surface area contributed by atoms with E-state index in [1.807, 2.05) is 12.4 Å². The van der Waals surface area contributed by atoms with E-state index in [0.717, 1.165) is 43.5 Å². The fourth-order valence-corrected chi connectivity index (χ4v) is 5.39. The molecule has 0 aliphatic carbocycles. The van der Waals surface area contributed by atoms with Gasteiger partial charge in [-0.15, -0.1) is 0 Å². The van der Waals surface area contributed by atoms with E-state index < -0.39 is 0 Å². The number of nitrogens with one attached hydrogen (secondary N) is 2. The van der Waals surface area contributed by atoms with Crippen LogP contribution >= 0.6 is 0 Å². The van der Waals surface area contributed by atoms with E-state index in [1.165, 1.54) is 67.3 Å². The normalized spacial score (nSPS) is 17.9. The fourth-order valence-electron chi connectivity index (χ4n) is 5.39. The summed E-state index contributed by atoms with van der Waals surface area (Å²) in [6, 6.07) is 0. The van der Waals surface area contributed by atoms with Gasteiger partial charge in [0, 0.05) is 41.6 Å². The molecule has 2 aromatic heterocycles. The summed E-state index contributed by atoms with van der Waals surface area (Å²) in [5.74, 6) is 0. The molecular formula is C31H40N4. The molecule has 2 aliphatic heterocycles. The van der Waals surface area contributed by atoms with Gasteiger partial charge in [0.25, 0.3) is 0 Å². The Labute approximate surface area is 210 Å². The average molecular weight is 469 g/mol. The van der Waals surface area contributed by atoms with Crippen molar-refractivity contribution in [2.75, 3.05) is 0 Å². The number of H-pyrrole nitrogens is 2. The molecule has 0 fully saturated rings. The molecule has 0 atom stereocenters. The number of rotatable bonds is 8. The molecule has 184 valence electrons. The topological polar surface area (TPSA) is 56.3 Å². The van der Waals surface area contributed by atoms with Crippen LogP contribution in [0, 0.1) is 0 Å². The smallest absolute Gasteiger partial charge is 0.0682 e. The van der Waals surface area contributed by atoms with Gasteiger partial charge < -0.3 is 9.97 Å². The highest BCUT2D eigenvalue weighted by molar-refractivity contribution is 5.88. The lowest BCUT2D eigenvalue weighted by Gasteiger charge is -2.06. The molecule has 0 amide bonds. The van der Waals surface area contributed by atoms with Gasteiger partial charge in [-0.05, 0) is 110 Å². The summed E-state index contributed by atoms with van der Waals surface area (Å²) in [6.45, 7) is 17.6. The van der Waals surface area contributed by atoms with Crippen LogP contribution < -0.4 is 0 Å². The first kappa shape index (κ1) is 25.0. The van der Waals surface area contributed by atoms with Crippen molar-refractivity contribution in [2.45, 2.75) is 87.5 Å². The Bertz CT molecular complexity index is 1230. The second kappa shape index (κ2) is 10.2. The summed E-state index contributed by atoms with van der Waals surface area (Å²) in [4.78, 5) is 16.9. The predicted octanol–water partition coefficient (Wildman–Crippen LogP) is 7.71. The molecule has 4 heteroatoms. The Balaban J connectivity index is 1.77. The van der Waals surface area contributed by atoms with E-state index in [0.29, 0.717) is 0 Å². The second-order valence-electron chi connectivity index (χ2n) is 9.73. The van der Waals surface area contributed by atoms with Crippen LogP contribution in [-0.4, -0.2) is 22.4 Å². The Hall–Kier alpha value is -3.14. The minimum Gasteiger partial charge on any atom is -0.358 e. The molecule has 4 rings (SSSR count). The summed E-state index contributed by atoms with van der Waals surface area (Å²) >= 11 is 0. The number of aromatic nitrogens is 2. The summed E-state index contributed by atoms with van der Waals surface area (Å²) in [7, 11) is 0. The molecule has 0 radical (unpaired) electrons. The number of nitrogens with zero attached hydrogens (tertiary/aromatic N) is 2. The lowest BCUT2D eigenvalue weighted by molar-refractivity contribution is 0.956. The highest BCUT2D eigenvalue weighted by Gasteiger charge is 2.20. The first-order valence-corrected chi connectivity index (χ1v) is 13.1. The molecule has 4 nitrogen and oxygen atoms in total. The van der Waals surface area contributed by atoms with E-state index >= 15 is 0 Å². The van der Waals surface area contributed by atoms with Gasteiger partial charge >= 0.3 is 0 Å². The lowest BCUT2D eigenvalue weighted by atomic mass is 9.98. The highest BCUT2D eigenvalue weighted by atomic mass is 14.8. The Morgan fingerprint density at radius 1 is 0.600 bits per heavy atom. The SMILES string of the molecule is CCc1c(/C=C2\N=CC(C)=C2C)[nH]c(Cc2[nH]c(/C=C3/N=CC(C)=C3C)c(CC)c2CC)c1CC. The molecule has 0 saturated carbocycles. The molecule has 4 heterocycles. The molecule has 2 N–H and O–H groups in total. The van der Waals surface area contributed by atoms with Crippen LogP contribution in [0.4, 0.5) is 0 Å². The third kappa shape index (κ3) is 4.59. The number of aliphatic imine (C=N–C) groups is 2. The molecule has 0 spiro atoms. The minimum atomic E-state index is 0.882. The second-order valence-corrected chi connectivity index (χ2v) is 9.73. The van der Waals surface area contributed by atoms with Crippen LogP contribution in [0.25, 0.3) is 12.2 Å². The largest absolute Gasteiger partial charge is 0.358 e. The lowest BCUT2D eigenvalue weighted by Crippen LogP contribution is -1.98. The van der Waals surface area contributed by atoms with Crippen molar-refractivity contribution >= 4 is 24.6 Å². The summed E-state index contributed by atoms with van der Waals surface area (Å²) in [5, 5.41) is 0. The van der Waals surface area contributed by atoms with Crippen molar-refractivity contribution in [2.24, 2.45) is 9.98 Å². The number of allylic oxidation sites excluding steroid dienone is 4. The van der Waals surface area contributed by atoms with E-state index in [2.05, 4.69) is 87.5 Å². The molecule has 0 saturated heterocycles. The fraction of sp³-hybridized carbons (Fsp3) is 0.419. The van der Waals surface area contributed by atoms with Crippen LogP contribution in [0.15, 0.2) is 43.7 Å². The van der Waals surface area contributed by atoms with Crippen LogP contribution in [0.3, 0.4) is 0 Å². The van der Waals surface area contributed by atoms with Gasteiger partial charge in [0.15, 0.2) is 0 Å². The van der Waals surface area contributed by atoms with Crippen LogP contribution in [-0.2, 0) is 32.1 Å². The highest BCUT2D eigenvalue weighted by Crippen LogP contribution is 2.32. The molecular weight excluding hydrogens is 428 g/mol. The van der Waals surface area contributed by atoms with Gasteiger partial charge in [0.1, 0.15) is 0 Å². The molecule has 0 bridgehead atoms. The van der Waals surface area contributed by atoms with Crippen molar-refractivity contribution in [1.82, 2.24) is 9.97 Å². The maximum Gasteiger partial charge on any atom is 0.0682 e. The predicted molar refractivity (Wildman–Crippen MR) is 152 cm³/mol. The zero-order valence-corrected chi connectivity index (χ0v) is 22.7. The van der Waals surface area contributed by atoms with E-state index in [9.17, 15) is 0 Å². The minimum absolute atomic E-state index is 0.882. The van der Waals surface area contributed by atoms with Gasteiger partial charge in [0.05, 0.1) is 11.4 Å². The van der Waals surface area contributed by atoms with Gasteiger partial charge in [0.2, 0.25) is 0 Å². The molecule has 0 unspecified atom stereocenters. The summed E-state index contributed by atoms with van der Waals surface area (Å²) in [6.07, 6.45) is 13.4. The first-order valence-electron chi connectivity index (χ1n) is 13.1. The van der Waals surface area contributed by atoms with E-state index in [-0.39, 0.29) is 0 Å². The quantitative estimate of drug-likeness (QED) is 0.399. The summed E-state index contributed by atoms with van der Waals surface area (Å²) in [5.41, 5.74) is 17.9.